The molecular weight excluding hydrogens is 192 g/mol. The van der Waals surface area contributed by atoms with E-state index in [1.807, 2.05) is 37.4 Å². The first kappa shape index (κ1) is 11.5. The Morgan fingerprint density at radius 3 is 2.73 bits per heavy atom. The zero-order valence-corrected chi connectivity index (χ0v) is 8.82. The molecule has 0 aromatic heterocycles. The van der Waals surface area contributed by atoms with Crippen molar-refractivity contribution in [1.29, 1.82) is 0 Å². The maximum absolute atomic E-state index is 11.1. The van der Waals surface area contributed by atoms with E-state index in [9.17, 15) is 4.79 Å². The number of ether oxygens (including phenoxy) is 1. The summed E-state index contributed by atoms with van der Waals surface area (Å²) in [6.07, 6.45) is -0.380. The highest BCUT2D eigenvalue weighted by Crippen LogP contribution is 2.00. The van der Waals surface area contributed by atoms with Gasteiger partial charge in [0.2, 0.25) is 0 Å². The first-order valence-electron chi connectivity index (χ1n) is 4.92. The van der Waals surface area contributed by atoms with Gasteiger partial charge in [0.25, 0.3) is 0 Å². The molecule has 1 aromatic rings. The summed E-state index contributed by atoms with van der Waals surface area (Å²) in [7, 11) is 1.83. The lowest BCUT2D eigenvalue weighted by molar-refractivity contribution is 0.140. The molecule has 0 spiro atoms. The van der Waals surface area contributed by atoms with Crippen molar-refractivity contribution in [2.24, 2.45) is 0 Å². The van der Waals surface area contributed by atoms with Crippen molar-refractivity contribution in [2.45, 2.75) is 6.61 Å². The quantitative estimate of drug-likeness (QED) is 0.722. The van der Waals surface area contributed by atoms with Crippen LogP contribution in [0.5, 0.6) is 0 Å². The summed E-state index contributed by atoms with van der Waals surface area (Å²) in [4.78, 5) is 11.1. The second-order valence-corrected chi connectivity index (χ2v) is 3.09. The average Bonchev–Trinajstić information content (AvgIpc) is 2.28. The van der Waals surface area contributed by atoms with Crippen LogP contribution in [0.4, 0.5) is 4.79 Å². The first-order chi connectivity index (χ1) is 7.33. The molecule has 0 saturated carbocycles. The van der Waals surface area contributed by atoms with Crippen molar-refractivity contribution in [3.8, 4) is 0 Å². The summed E-state index contributed by atoms with van der Waals surface area (Å²) < 4.78 is 5.00. The van der Waals surface area contributed by atoms with Crippen molar-refractivity contribution in [1.82, 2.24) is 10.6 Å². The molecule has 0 saturated heterocycles. The molecule has 4 heteroatoms. The molecule has 2 N–H and O–H groups in total. The molecule has 4 nitrogen and oxygen atoms in total. The van der Waals surface area contributed by atoms with E-state index in [1.165, 1.54) is 0 Å². The Morgan fingerprint density at radius 1 is 1.33 bits per heavy atom. The molecule has 0 fully saturated rings. The molecule has 0 unspecified atom stereocenters. The minimum atomic E-state index is -0.380. The SMILES string of the molecule is CNCCNC(=O)OCc1ccccc1.[HH]. The van der Waals surface area contributed by atoms with Gasteiger partial charge in [-0.3, -0.25) is 0 Å². The molecule has 0 heterocycles. The van der Waals surface area contributed by atoms with E-state index < -0.39 is 0 Å². The van der Waals surface area contributed by atoms with Crippen molar-refractivity contribution >= 4 is 6.09 Å². The van der Waals surface area contributed by atoms with E-state index >= 15 is 0 Å². The van der Waals surface area contributed by atoms with Crippen LogP contribution in [0.25, 0.3) is 0 Å². The minimum Gasteiger partial charge on any atom is -0.445 e. The Bertz CT molecular complexity index is 293. The predicted octanol–water partition coefficient (Wildman–Crippen LogP) is 1.38. The molecule has 0 atom stereocenters. The van der Waals surface area contributed by atoms with Gasteiger partial charge in [-0.05, 0) is 12.6 Å². The molecule has 1 aromatic carbocycles. The second-order valence-electron chi connectivity index (χ2n) is 3.09. The van der Waals surface area contributed by atoms with E-state index in [2.05, 4.69) is 10.6 Å². The highest BCUT2D eigenvalue weighted by atomic mass is 16.5. The van der Waals surface area contributed by atoms with Gasteiger partial charge in [-0.15, -0.1) is 0 Å². The lowest BCUT2D eigenvalue weighted by Gasteiger charge is -2.06. The van der Waals surface area contributed by atoms with Gasteiger partial charge in [-0.25, -0.2) is 4.79 Å². The molecule has 0 aliphatic carbocycles. The van der Waals surface area contributed by atoms with Crippen LogP contribution < -0.4 is 10.6 Å². The third kappa shape index (κ3) is 5.02. The second kappa shape index (κ2) is 6.84. The topological polar surface area (TPSA) is 50.4 Å². The van der Waals surface area contributed by atoms with Crippen LogP contribution >= 0.6 is 0 Å². The van der Waals surface area contributed by atoms with Crippen LogP contribution in [-0.2, 0) is 11.3 Å². The zero-order valence-electron chi connectivity index (χ0n) is 8.82. The lowest BCUT2D eigenvalue weighted by Crippen LogP contribution is -2.30. The largest absolute Gasteiger partial charge is 0.445 e. The molecule has 0 aliphatic rings. The van der Waals surface area contributed by atoms with Gasteiger partial charge in [0, 0.05) is 14.5 Å². The number of carbonyl (C=O) groups excluding carboxylic acids is 1. The molecule has 84 valence electrons. The Balaban J connectivity index is 0.00000225. The molecule has 0 radical (unpaired) electrons. The number of alkyl carbamates (subject to hydrolysis) is 1. The van der Waals surface area contributed by atoms with Crippen LogP contribution in [0.15, 0.2) is 30.3 Å². The number of hydrogen-bond donors (Lipinski definition) is 2. The van der Waals surface area contributed by atoms with Gasteiger partial charge < -0.3 is 15.4 Å². The fraction of sp³-hybridized carbons (Fsp3) is 0.364. The highest BCUT2D eigenvalue weighted by molar-refractivity contribution is 5.67. The Hall–Kier alpha value is -1.55. The maximum atomic E-state index is 11.1. The van der Waals surface area contributed by atoms with Gasteiger partial charge in [0.15, 0.2) is 0 Å². The Morgan fingerprint density at radius 2 is 2.07 bits per heavy atom. The number of carbonyl (C=O) groups is 1. The number of rotatable bonds is 5. The van der Waals surface area contributed by atoms with Gasteiger partial charge in [-0.1, -0.05) is 30.3 Å². The number of benzene rings is 1. The van der Waals surface area contributed by atoms with E-state index in [-0.39, 0.29) is 7.52 Å². The molecule has 1 rings (SSSR count). The van der Waals surface area contributed by atoms with Gasteiger partial charge in [0.05, 0.1) is 0 Å². The fourth-order valence-electron chi connectivity index (χ4n) is 1.06. The van der Waals surface area contributed by atoms with E-state index in [0.717, 1.165) is 12.1 Å². The van der Waals surface area contributed by atoms with Gasteiger partial charge >= 0.3 is 6.09 Å². The minimum absolute atomic E-state index is 0. The van der Waals surface area contributed by atoms with Crippen molar-refractivity contribution in [3.63, 3.8) is 0 Å². The summed E-state index contributed by atoms with van der Waals surface area (Å²) in [6, 6.07) is 9.59. The number of nitrogens with one attached hydrogen (secondary N) is 2. The number of amides is 1. The van der Waals surface area contributed by atoms with E-state index in [0.29, 0.717) is 13.2 Å². The smallest absolute Gasteiger partial charge is 0.407 e. The van der Waals surface area contributed by atoms with Crippen LogP contribution in [0, 0.1) is 0 Å². The predicted molar refractivity (Wildman–Crippen MR) is 60.7 cm³/mol. The maximum Gasteiger partial charge on any atom is 0.407 e. The van der Waals surface area contributed by atoms with Crippen LogP contribution in [0.1, 0.15) is 6.99 Å². The van der Waals surface area contributed by atoms with Crippen LogP contribution in [0.2, 0.25) is 0 Å². The molecule has 1 amide bonds. The van der Waals surface area contributed by atoms with Crippen molar-refractivity contribution in [3.05, 3.63) is 35.9 Å². The third-order valence-electron chi connectivity index (χ3n) is 1.86. The normalized spacial score (nSPS) is 9.67. The van der Waals surface area contributed by atoms with Gasteiger partial charge in [0.1, 0.15) is 6.61 Å². The summed E-state index contributed by atoms with van der Waals surface area (Å²) in [5.74, 6) is 0. The first-order valence-corrected chi connectivity index (χ1v) is 4.92. The number of hydrogen-bond acceptors (Lipinski definition) is 3. The molecule has 0 bridgehead atoms. The molecular formula is C11H18N2O2. The van der Waals surface area contributed by atoms with Crippen LogP contribution in [0.3, 0.4) is 0 Å². The Kier molecular flexibility index (Phi) is 5.25. The van der Waals surface area contributed by atoms with E-state index in [4.69, 9.17) is 4.74 Å². The van der Waals surface area contributed by atoms with E-state index in [1.54, 1.807) is 0 Å². The monoisotopic (exact) mass is 210 g/mol. The summed E-state index contributed by atoms with van der Waals surface area (Å²) in [5, 5.41) is 5.56. The Labute approximate surface area is 91.1 Å². The molecule has 15 heavy (non-hydrogen) atoms. The zero-order chi connectivity index (χ0) is 10.9. The fourth-order valence-corrected chi connectivity index (χ4v) is 1.06. The van der Waals surface area contributed by atoms with Gasteiger partial charge in [-0.2, -0.15) is 0 Å². The number of likely N-dealkylation sites (N-methyl/N-ethyl adjacent to an activating group) is 1. The lowest BCUT2D eigenvalue weighted by atomic mass is 10.2. The standard InChI is InChI=1S/C11H16N2O2.H2/c1-12-7-8-13-11(14)15-9-10-5-3-2-4-6-10;/h2-6,12H,7-9H2,1H3,(H,13,14);1H. The van der Waals surface area contributed by atoms with Crippen molar-refractivity contribution < 1.29 is 11.0 Å². The third-order valence-corrected chi connectivity index (χ3v) is 1.86. The summed E-state index contributed by atoms with van der Waals surface area (Å²) in [6.45, 7) is 1.62. The molecule has 0 aliphatic heterocycles. The summed E-state index contributed by atoms with van der Waals surface area (Å²) in [5.41, 5.74) is 0.987. The summed E-state index contributed by atoms with van der Waals surface area (Å²) >= 11 is 0. The van der Waals surface area contributed by atoms with Crippen molar-refractivity contribution in [2.75, 3.05) is 20.1 Å². The highest BCUT2D eigenvalue weighted by Gasteiger charge is 2.00. The van der Waals surface area contributed by atoms with Crippen LogP contribution in [-0.4, -0.2) is 26.2 Å². The average molecular weight is 210 g/mol.